The molecule has 4 unspecified atom stereocenters. The first-order chi connectivity index (χ1) is 18.0. The van der Waals surface area contributed by atoms with Crippen molar-refractivity contribution in [3.05, 3.63) is 71.4 Å². The first-order valence-corrected chi connectivity index (χ1v) is 13.5. The molecule has 2 aromatic heterocycles. The molecule has 1 amide bonds. The Bertz CT molecular complexity index is 1490. The van der Waals surface area contributed by atoms with E-state index in [1.807, 2.05) is 24.4 Å². The van der Waals surface area contributed by atoms with Gasteiger partial charge in [0.2, 0.25) is 0 Å². The minimum Gasteiger partial charge on any atom is -0.393 e. The Morgan fingerprint density at radius 3 is 2.73 bits per heavy atom. The number of carbonyl (C=O) groups is 1. The van der Waals surface area contributed by atoms with E-state index in [0.29, 0.717) is 42.1 Å². The smallest absolute Gasteiger partial charge is 0.251 e. The molecule has 3 aliphatic rings. The number of halogens is 1. The third-order valence-electron chi connectivity index (χ3n) is 9.13. The second kappa shape index (κ2) is 8.91. The molecule has 2 heterocycles. The number of fused-ring (bicyclic) bond motifs is 4. The summed E-state index contributed by atoms with van der Waals surface area (Å²) >= 11 is 0. The zero-order valence-corrected chi connectivity index (χ0v) is 20.7. The number of H-pyrrole nitrogens is 1. The summed E-state index contributed by atoms with van der Waals surface area (Å²) in [5.41, 5.74) is 4.53. The normalized spacial score (nSPS) is 28.6. The van der Waals surface area contributed by atoms with E-state index >= 15 is 0 Å². The van der Waals surface area contributed by atoms with Crippen LogP contribution in [0, 0.1) is 23.6 Å². The van der Waals surface area contributed by atoms with Crippen molar-refractivity contribution < 1.29 is 14.3 Å². The van der Waals surface area contributed by atoms with Gasteiger partial charge in [0.05, 0.1) is 22.7 Å². The topological polar surface area (TPSA) is 90.9 Å². The van der Waals surface area contributed by atoms with Crippen LogP contribution >= 0.6 is 0 Å². The highest BCUT2D eigenvalue weighted by molar-refractivity contribution is 5.97. The molecular weight excluding hydrogens is 467 g/mol. The molecule has 37 heavy (non-hydrogen) atoms. The molecule has 7 heteroatoms. The maximum absolute atomic E-state index is 14.0. The van der Waals surface area contributed by atoms with E-state index < -0.39 is 0 Å². The third kappa shape index (κ3) is 4.19. The van der Waals surface area contributed by atoms with Crippen molar-refractivity contribution in [3.8, 4) is 0 Å². The van der Waals surface area contributed by atoms with Gasteiger partial charge in [0.15, 0.2) is 0 Å². The molecule has 7 rings (SSSR count). The average molecular weight is 499 g/mol. The van der Waals surface area contributed by atoms with Crippen LogP contribution < -0.4 is 5.32 Å². The van der Waals surface area contributed by atoms with Crippen LogP contribution in [0.5, 0.6) is 0 Å². The molecule has 2 aromatic carbocycles. The summed E-state index contributed by atoms with van der Waals surface area (Å²) in [4.78, 5) is 25.2. The zero-order chi connectivity index (χ0) is 25.1. The number of aliphatic hydroxyl groups is 1. The molecule has 0 radical (unpaired) electrons. The number of nitrogens with zero attached hydrogens (tertiary/aromatic N) is 2. The number of aryl methyl sites for hydroxylation is 1. The average Bonchev–Trinajstić information content (AvgIpc) is 3.59. The molecule has 0 spiro atoms. The van der Waals surface area contributed by atoms with Crippen molar-refractivity contribution in [1.82, 2.24) is 20.3 Å². The van der Waals surface area contributed by atoms with Crippen molar-refractivity contribution >= 4 is 27.8 Å². The molecule has 190 valence electrons. The minimum atomic E-state index is -0.289. The summed E-state index contributed by atoms with van der Waals surface area (Å²) in [5, 5.41) is 13.4. The van der Waals surface area contributed by atoms with Crippen LogP contribution in [-0.2, 0) is 6.42 Å². The number of hydrogen-bond acceptors (Lipinski definition) is 4. The summed E-state index contributed by atoms with van der Waals surface area (Å²) in [6.07, 6.45) is 8.48. The molecule has 3 fully saturated rings. The lowest BCUT2D eigenvalue weighted by atomic mass is 9.76. The quantitative estimate of drug-likeness (QED) is 0.338. The van der Waals surface area contributed by atoms with Crippen LogP contribution in [0.4, 0.5) is 4.39 Å². The number of imidazole rings is 1. The van der Waals surface area contributed by atoms with Gasteiger partial charge in [0.1, 0.15) is 11.6 Å². The van der Waals surface area contributed by atoms with Crippen molar-refractivity contribution in [3.63, 3.8) is 0 Å². The molecule has 3 N–H and O–H groups in total. The number of rotatable bonds is 6. The molecule has 3 saturated carbocycles. The molecule has 0 aliphatic heterocycles. The Labute approximate surface area is 214 Å². The Morgan fingerprint density at radius 2 is 1.92 bits per heavy atom. The number of aromatic amines is 1. The standard InChI is InChI=1S/C30H31FN4O2/c31-20-3-5-26-25(13-20)23(7-8-32-26)24-11-18-10-19(24)9-16(18)2-6-29-34-27-4-1-17(12-28(27)35-29)30(37)33-21-14-22(36)15-21/h1,3-5,7-8,12-13,16,18-19,21-22,24,36H,2,6,9-11,14-15H2,(H,33,37)(H,34,35). The van der Waals surface area contributed by atoms with E-state index in [4.69, 9.17) is 4.98 Å². The number of carbonyl (C=O) groups excluding carboxylic acids is 1. The number of aliphatic hydroxyl groups excluding tert-OH is 1. The van der Waals surface area contributed by atoms with Gasteiger partial charge in [-0.05, 0) is 110 Å². The van der Waals surface area contributed by atoms with Crippen molar-refractivity contribution in [1.29, 1.82) is 0 Å². The van der Waals surface area contributed by atoms with Gasteiger partial charge in [0.25, 0.3) is 5.91 Å². The van der Waals surface area contributed by atoms with Crippen molar-refractivity contribution in [2.75, 3.05) is 0 Å². The molecule has 6 nitrogen and oxygen atoms in total. The van der Waals surface area contributed by atoms with Crippen LogP contribution in [0.2, 0.25) is 0 Å². The van der Waals surface area contributed by atoms with Crippen molar-refractivity contribution in [2.24, 2.45) is 17.8 Å². The van der Waals surface area contributed by atoms with Crippen LogP contribution in [0.25, 0.3) is 21.9 Å². The number of amides is 1. The van der Waals surface area contributed by atoms with Gasteiger partial charge in [0, 0.05) is 29.6 Å². The Morgan fingerprint density at radius 1 is 1.03 bits per heavy atom. The Kier molecular flexibility index (Phi) is 5.50. The summed E-state index contributed by atoms with van der Waals surface area (Å²) in [6.45, 7) is 0. The molecule has 2 bridgehead atoms. The van der Waals surface area contributed by atoms with E-state index in [0.717, 1.165) is 40.6 Å². The third-order valence-corrected chi connectivity index (χ3v) is 9.13. The fourth-order valence-electron chi connectivity index (χ4n) is 7.21. The zero-order valence-electron chi connectivity index (χ0n) is 20.7. The fourth-order valence-corrected chi connectivity index (χ4v) is 7.21. The van der Waals surface area contributed by atoms with Gasteiger partial charge in [-0.2, -0.15) is 0 Å². The van der Waals surface area contributed by atoms with Gasteiger partial charge in [-0.1, -0.05) is 0 Å². The van der Waals surface area contributed by atoms with Gasteiger partial charge in [-0.25, -0.2) is 9.37 Å². The Hall–Kier alpha value is -3.32. The second-order valence-electron chi connectivity index (χ2n) is 11.4. The van der Waals surface area contributed by atoms with E-state index in [1.54, 1.807) is 12.1 Å². The highest BCUT2D eigenvalue weighted by atomic mass is 19.1. The summed E-state index contributed by atoms with van der Waals surface area (Å²) in [5.74, 6) is 3.22. The van der Waals surface area contributed by atoms with Gasteiger partial charge in [-0.3, -0.25) is 9.78 Å². The van der Waals surface area contributed by atoms with Gasteiger partial charge in [-0.15, -0.1) is 0 Å². The largest absolute Gasteiger partial charge is 0.393 e. The molecule has 4 aromatic rings. The van der Waals surface area contributed by atoms with Gasteiger partial charge < -0.3 is 15.4 Å². The van der Waals surface area contributed by atoms with Crippen LogP contribution in [0.15, 0.2) is 48.7 Å². The van der Waals surface area contributed by atoms with Crippen LogP contribution in [0.1, 0.15) is 66.2 Å². The number of benzene rings is 2. The summed E-state index contributed by atoms with van der Waals surface area (Å²) in [6, 6.07) is 12.7. The Balaban J connectivity index is 0.995. The highest BCUT2D eigenvalue weighted by Crippen LogP contribution is 2.57. The molecule has 4 atom stereocenters. The van der Waals surface area contributed by atoms with E-state index in [2.05, 4.69) is 21.4 Å². The first-order valence-electron chi connectivity index (χ1n) is 13.5. The van der Waals surface area contributed by atoms with E-state index in [-0.39, 0.29) is 23.9 Å². The predicted octanol–water partition coefficient (Wildman–Crippen LogP) is 5.27. The monoisotopic (exact) mass is 498 g/mol. The minimum absolute atomic E-state index is 0.0627. The lowest BCUT2D eigenvalue weighted by molar-refractivity contribution is 0.0562. The SMILES string of the molecule is O=C(NC1CC(O)C1)c1ccc2[nH]c(CCC3CC4CC3CC4c3ccnc4ccc(F)cc34)nc2c1. The number of hydrogen-bond donors (Lipinski definition) is 3. The van der Waals surface area contributed by atoms with Crippen molar-refractivity contribution in [2.45, 2.75) is 63.0 Å². The van der Waals surface area contributed by atoms with E-state index in [9.17, 15) is 14.3 Å². The maximum Gasteiger partial charge on any atom is 0.251 e. The highest BCUT2D eigenvalue weighted by Gasteiger charge is 2.46. The van der Waals surface area contributed by atoms with Gasteiger partial charge >= 0.3 is 0 Å². The molecular formula is C30H31FN4O2. The first kappa shape index (κ1) is 22.8. The summed E-state index contributed by atoms with van der Waals surface area (Å²) < 4.78 is 14.0. The number of aromatic nitrogens is 3. The number of nitrogens with one attached hydrogen (secondary N) is 2. The molecule has 0 saturated heterocycles. The number of pyridine rings is 1. The van der Waals surface area contributed by atoms with Crippen LogP contribution in [-0.4, -0.2) is 38.1 Å². The lowest BCUT2D eigenvalue weighted by Crippen LogP contribution is -2.46. The maximum atomic E-state index is 14.0. The van der Waals surface area contributed by atoms with Crippen LogP contribution in [0.3, 0.4) is 0 Å². The lowest BCUT2D eigenvalue weighted by Gasteiger charge is -2.31. The summed E-state index contributed by atoms with van der Waals surface area (Å²) in [7, 11) is 0. The van der Waals surface area contributed by atoms with E-state index in [1.165, 1.54) is 30.9 Å². The predicted molar refractivity (Wildman–Crippen MR) is 140 cm³/mol. The fraction of sp³-hybridized carbons (Fsp3) is 0.433. The second-order valence-corrected chi connectivity index (χ2v) is 11.4. The molecule has 3 aliphatic carbocycles.